The largest absolute Gasteiger partial charge is 0.416 e. The minimum atomic E-state index is -4.41. The molecule has 0 aliphatic rings. The molecule has 1 atom stereocenters. The second-order valence-corrected chi connectivity index (χ2v) is 5.14. The normalized spacial score (nSPS) is 12.7. The van der Waals surface area contributed by atoms with Gasteiger partial charge in [-0.3, -0.25) is 4.79 Å². The van der Waals surface area contributed by atoms with Crippen LogP contribution in [0, 0.1) is 4.64 Å². The first-order chi connectivity index (χ1) is 10.3. The minimum Gasteiger partial charge on any atom is -0.352 e. The van der Waals surface area contributed by atoms with Crippen LogP contribution in [0.5, 0.6) is 0 Å². The zero-order valence-corrected chi connectivity index (χ0v) is 12.4. The molecule has 0 saturated carbocycles. The number of pyridine rings is 1. The lowest BCUT2D eigenvalue weighted by molar-refractivity contribution is -0.137. The van der Waals surface area contributed by atoms with E-state index in [4.69, 9.17) is 12.2 Å². The van der Waals surface area contributed by atoms with Crippen LogP contribution < -0.4 is 5.32 Å². The maximum absolute atomic E-state index is 12.7. The first-order valence-corrected chi connectivity index (χ1v) is 6.85. The molecule has 1 amide bonds. The second-order valence-electron chi connectivity index (χ2n) is 4.73. The Labute approximate surface area is 130 Å². The van der Waals surface area contributed by atoms with E-state index in [9.17, 15) is 18.0 Å². The summed E-state index contributed by atoms with van der Waals surface area (Å²) < 4.78 is 38.4. The Morgan fingerprint density at radius 1 is 1.27 bits per heavy atom. The molecule has 1 heterocycles. The Morgan fingerprint density at radius 3 is 2.64 bits per heavy atom. The van der Waals surface area contributed by atoms with Crippen molar-refractivity contribution < 1.29 is 18.0 Å². The Hall–Kier alpha value is -2.15. The number of halogens is 3. The number of hydrogen-bond acceptors (Lipinski definition) is 2. The SMILES string of the molecule is CC(NC(=O)c1ccc[nH]c1=S)c1cccc(C(F)(F)F)c1. The van der Waals surface area contributed by atoms with Crippen molar-refractivity contribution in [3.8, 4) is 0 Å². The predicted octanol–water partition coefficient (Wildman–Crippen LogP) is 4.25. The molecule has 0 aliphatic heterocycles. The van der Waals surface area contributed by atoms with Crippen LogP contribution in [0.1, 0.15) is 34.5 Å². The van der Waals surface area contributed by atoms with Gasteiger partial charge in [0.2, 0.25) is 0 Å². The van der Waals surface area contributed by atoms with Crippen LogP contribution in [0.15, 0.2) is 42.6 Å². The zero-order valence-electron chi connectivity index (χ0n) is 11.6. The lowest BCUT2D eigenvalue weighted by atomic mass is 10.0. The van der Waals surface area contributed by atoms with Crippen molar-refractivity contribution in [1.82, 2.24) is 10.3 Å². The van der Waals surface area contributed by atoms with E-state index in [1.807, 2.05) is 0 Å². The summed E-state index contributed by atoms with van der Waals surface area (Å²) >= 11 is 5.00. The van der Waals surface area contributed by atoms with Crippen molar-refractivity contribution >= 4 is 18.1 Å². The molecule has 3 nitrogen and oxygen atoms in total. The van der Waals surface area contributed by atoms with Gasteiger partial charge in [0.1, 0.15) is 4.64 Å². The maximum atomic E-state index is 12.7. The van der Waals surface area contributed by atoms with Crippen molar-refractivity contribution in [2.75, 3.05) is 0 Å². The molecule has 0 saturated heterocycles. The topological polar surface area (TPSA) is 44.9 Å². The lowest BCUT2D eigenvalue weighted by Gasteiger charge is -2.16. The van der Waals surface area contributed by atoms with Gasteiger partial charge in [0.05, 0.1) is 17.2 Å². The van der Waals surface area contributed by atoms with Crippen LogP contribution in [-0.4, -0.2) is 10.9 Å². The first-order valence-electron chi connectivity index (χ1n) is 6.45. The summed E-state index contributed by atoms with van der Waals surface area (Å²) in [5.74, 6) is -0.438. The van der Waals surface area contributed by atoms with E-state index in [-0.39, 0.29) is 10.2 Å². The molecule has 0 fully saturated rings. The maximum Gasteiger partial charge on any atom is 0.416 e. The summed E-state index contributed by atoms with van der Waals surface area (Å²) in [5, 5.41) is 2.64. The zero-order chi connectivity index (χ0) is 16.3. The van der Waals surface area contributed by atoms with Crippen LogP contribution in [0.3, 0.4) is 0 Å². The van der Waals surface area contributed by atoms with E-state index in [0.29, 0.717) is 5.56 Å². The third-order valence-corrected chi connectivity index (χ3v) is 3.46. The van der Waals surface area contributed by atoms with Gasteiger partial charge in [0, 0.05) is 6.20 Å². The van der Waals surface area contributed by atoms with E-state index < -0.39 is 23.7 Å². The van der Waals surface area contributed by atoms with Crippen LogP contribution in [0.2, 0.25) is 0 Å². The van der Waals surface area contributed by atoms with Crippen LogP contribution >= 0.6 is 12.2 Å². The smallest absolute Gasteiger partial charge is 0.352 e. The van der Waals surface area contributed by atoms with Gasteiger partial charge in [-0.1, -0.05) is 24.4 Å². The molecular weight excluding hydrogens is 313 g/mol. The number of nitrogens with one attached hydrogen (secondary N) is 2. The fourth-order valence-corrected chi connectivity index (χ4v) is 2.17. The monoisotopic (exact) mass is 326 g/mol. The Bertz CT molecular complexity index is 740. The van der Waals surface area contributed by atoms with Crippen LogP contribution in [0.25, 0.3) is 0 Å². The molecule has 1 unspecified atom stereocenters. The molecule has 2 rings (SSSR count). The van der Waals surface area contributed by atoms with Gasteiger partial charge < -0.3 is 10.3 Å². The summed E-state index contributed by atoms with van der Waals surface area (Å²) in [6.07, 6.45) is -2.82. The molecular formula is C15H13F3N2OS. The molecule has 2 aromatic rings. The van der Waals surface area contributed by atoms with Gasteiger partial charge in [0.15, 0.2) is 0 Å². The molecule has 0 radical (unpaired) electrons. The number of hydrogen-bond donors (Lipinski definition) is 2. The summed E-state index contributed by atoms with van der Waals surface area (Å²) in [6.45, 7) is 1.61. The van der Waals surface area contributed by atoms with Crippen molar-refractivity contribution in [2.24, 2.45) is 0 Å². The third kappa shape index (κ3) is 3.73. The van der Waals surface area contributed by atoms with Gasteiger partial charge in [-0.05, 0) is 36.8 Å². The molecule has 2 N–H and O–H groups in total. The number of amides is 1. The number of aromatic nitrogens is 1. The molecule has 116 valence electrons. The molecule has 22 heavy (non-hydrogen) atoms. The first kappa shape index (κ1) is 16.2. The number of H-pyrrole nitrogens is 1. The average Bonchev–Trinajstić information content (AvgIpc) is 2.46. The average molecular weight is 326 g/mol. The van der Waals surface area contributed by atoms with Crippen molar-refractivity contribution in [3.63, 3.8) is 0 Å². The molecule has 1 aromatic heterocycles. The third-order valence-electron chi connectivity index (χ3n) is 3.12. The van der Waals surface area contributed by atoms with Gasteiger partial charge in [-0.2, -0.15) is 13.2 Å². The molecule has 1 aromatic carbocycles. The van der Waals surface area contributed by atoms with Gasteiger partial charge in [-0.25, -0.2) is 0 Å². The predicted molar refractivity (Wildman–Crippen MR) is 79.0 cm³/mol. The molecule has 7 heteroatoms. The lowest BCUT2D eigenvalue weighted by Crippen LogP contribution is -2.27. The summed E-state index contributed by atoms with van der Waals surface area (Å²) in [4.78, 5) is 14.8. The minimum absolute atomic E-state index is 0.274. The highest BCUT2D eigenvalue weighted by molar-refractivity contribution is 7.71. The van der Waals surface area contributed by atoms with Gasteiger partial charge in [0.25, 0.3) is 5.91 Å². The Kier molecular flexibility index (Phi) is 4.65. The number of alkyl halides is 3. The standard InChI is InChI=1S/C15H13F3N2OS/c1-9(10-4-2-5-11(8-10)15(16,17)18)20-13(21)12-6-3-7-19-14(12)22/h2-9H,1H3,(H,19,22)(H,20,21). The highest BCUT2D eigenvalue weighted by atomic mass is 32.1. The fourth-order valence-electron chi connectivity index (χ4n) is 1.94. The van der Waals surface area contributed by atoms with E-state index >= 15 is 0 Å². The summed E-state index contributed by atoms with van der Waals surface area (Å²) in [7, 11) is 0. The highest BCUT2D eigenvalue weighted by Gasteiger charge is 2.30. The molecule has 0 aliphatic carbocycles. The van der Waals surface area contributed by atoms with Crippen molar-refractivity contribution in [2.45, 2.75) is 19.1 Å². The molecule has 0 spiro atoms. The van der Waals surface area contributed by atoms with Crippen LogP contribution in [-0.2, 0) is 6.18 Å². The van der Waals surface area contributed by atoms with E-state index in [0.717, 1.165) is 12.1 Å². The van der Waals surface area contributed by atoms with Crippen molar-refractivity contribution in [1.29, 1.82) is 0 Å². The summed E-state index contributed by atoms with van der Waals surface area (Å²) in [6, 6.07) is 7.46. The van der Waals surface area contributed by atoms with E-state index in [1.165, 1.54) is 12.1 Å². The summed E-state index contributed by atoms with van der Waals surface area (Å²) in [5.41, 5.74) is -0.103. The number of carbonyl (C=O) groups is 1. The van der Waals surface area contributed by atoms with Gasteiger partial charge in [-0.15, -0.1) is 0 Å². The Morgan fingerprint density at radius 2 is 2.00 bits per heavy atom. The van der Waals surface area contributed by atoms with Crippen molar-refractivity contribution in [3.05, 3.63) is 63.9 Å². The van der Waals surface area contributed by atoms with Crippen LogP contribution in [0.4, 0.5) is 13.2 Å². The highest BCUT2D eigenvalue weighted by Crippen LogP contribution is 2.30. The number of rotatable bonds is 3. The number of carbonyl (C=O) groups excluding carboxylic acids is 1. The fraction of sp³-hybridized carbons (Fsp3) is 0.200. The van der Waals surface area contributed by atoms with E-state index in [2.05, 4.69) is 10.3 Å². The van der Waals surface area contributed by atoms with E-state index in [1.54, 1.807) is 25.3 Å². The molecule has 0 bridgehead atoms. The number of benzene rings is 1. The number of aromatic amines is 1. The quantitative estimate of drug-likeness (QED) is 0.828. The second kappa shape index (κ2) is 6.31. The Balaban J connectivity index is 2.19. The van der Waals surface area contributed by atoms with Gasteiger partial charge >= 0.3 is 6.18 Å².